The van der Waals surface area contributed by atoms with E-state index in [2.05, 4.69) is 164 Å². The molecule has 0 aliphatic rings. The monoisotopic (exact) mass is 691 g/mol. The Labute approximate surface area is 309 Å². The van der Waals surface area contributed by atoms with Gasteiger partial charge < -0.3 is 0 Å². The predicted molar refractivity (Wildman–Crippen MR) is 224 cm³/mol. The first-order valence-electron chi connectivity index (χ1n) is 17.9. The lowest BCUT2D eigenvalue weighted by Crippen LogP contribution is -1.95. The number of aromatic nitrogens is 3. The molecule has 0 spiro atoms. The molecule has 11 rings (SSSR count). The maximum atomic E-state index is 5.41. The van der Waals surface area contributed by atoms with Crippen molar-refractivity contribution in [2.24, 2.45) is 0 Å². The topological polar surface area (TPSA) is 38.7 Å². The Kier molecular flexibility index (Phi) is 6.73. The Morgan fingerprint density at radius 3 is 1.72 bits per heavy atom. The Bertz CT molecular complexity index is 3210. The van der Waals surface area contributed by atoms with Crippen LogP contribution in [-0.4, -0.2) is 15.0 Å². The van der Waals surface area contributed by atoms with Gasteiger partial charge in [-0.25, -0.2) is 15.0 Å². The Morgan fingerprint density at radius 1 is 0.377 bits per heavy atom. The smallest absolute Gasteiger partial charge is 0.0978 e. The average molecular weight is 692 g/mol. The maximum absolute atomic E-state index is 5.41. The summed E-state index contributed by atoms with van der Waals surface area (Å²) in [5.74, 6) is 0. The quantitative estimate of drug-likeness (QED) is 0.172. The number of hydrogen-bond donors (Lipinski definition) is 0. The molecule has 0 N–H and O–H groups in total. The van der Waals surface area contributed by atoms with Gasteiger partial charge in [0.1, 0.15) is 0 Å². The summed E-state index contributed by atoms with van der Waals surface area (Å²) in [7, 11) is 0. The number of pyridine rings is 3. The molecule has 4 aromatic heterocycles. The zero-order valence-electron chi connectivity index (χ0n) is 28.5. The molecule has 0 saturated heterocycles. The fraction of sp³-hybridized carbons (Fsp3) is 0. The van der Waals surface area contributed by atoms with Crippen molar-refractivity contribution in [3.63, 3.8) is 0 Å². The summed E-state index contributed by atoms with van der Waals surface area (Å²) in [5, 5.41) is 8.21. The van der Waals surface area contributed by atoms with Crippen molar-refractivity contribution in [3.05, 3.63) is 176 Å². The van der Waals surface area contributed by atoms with Gasteiger partial charge in [-0.1, -0.05) is 133 Å². The molecule has 53 heavy (non-hydrogen) atoms. The van der Waals surface area contributed by atoms with Crippen molar-refractivity contribution in [3.8, 4) is 44.9 Å². The highest BCUT2D eigenvalue weighted by atomic mass is 32.1. The van der Waals surface area contributed by atoms with Crippen LogP contribution in [0, 0.1) is 0 Å². The second-order valence-corrected chi connectivity index (χ2v) is 14.6. The van der Waals surface area contributed by atoms with Crippen molar-refractivity contribution >= 4 is 75.0 Å². The predicted octanol–water partition coefficient (Wildman–Crippen LogP) is 13.5. The second kappa shape index (κ2) is 11.9. The normalized spacial score (nSPS) is 11.8. The van der Waals surface area contributed by atoms with Crippen LogP contribution in [0.5, 0.6) is 0 Å². The summed E-state index contributed by atoms with van der Waals surface area (Å²) >= 11 is 1.87. The molecule has 11 aromatic rings. The van der Waals surface area contributed by atoms with Gasteiger partial charge in [-0.3, -0.25) is 0 Å². The average Bonchev–Trinajstić information content (AvgIpc) is 3.63. The molecule has 0 aliphatic heterocycles. The van der Waals surface area contributed by atoms with Gasteiger partial charge >= 0.3 is 0 Å². The molecule has 246 valence electrons. The van der Waals surface area contributed by atoms with E-state index in [4.69, 9.17) is 15.0 Å². The van der Waals surface area contributed by atoms with E-state index in [1.54, 1.807) is 0 Å². The number of thiophene rings is 1. The lowest BCUT2D eigenvalue weighted by molar-refractivity contribution is 1.36. The van der Waals surface area contributed by atoms with Gasteiger partial charge in [0.05, 0.1) is 33.6 Å². The van der Waals surface area contributed by atoms with E-state index < -0.39 is 0 Å². The van der Waals surface area contributed by atoms with E-state index in [-0.39, 0.29) is 0 Å². The molecule has 0 amide bonds. The first kappa shape index (κ1) is 29.9. The summed E-state index contributed by atoms with van der Waals surface area (Å²) < 4.78 is 2.53. The molecule has 0 unspecified atom stereocenters. The standard InChI is InChI=1S/C49H29N3S/c1-4-14-30(15-5-1)40-26-24-33-28-37(34-25-27-41(31-16-6-2-7-17-31)51-48(34)47(33)50-40)38-29-39-44(45-36-21-11-13-23-43(36)53-49(38)45)35-20-10-12-22-42(35)52-46(39)32-18-8-3-9-19-32/h1-29H. The first-order chi connectivity index (χ1) is 26.3. The number of rotatable bonds is 4. The number of fused-ring (bicyclic) bond motifs is 10. The summed E-state index contributed by atoms with van der Waals surface area (Å²) in [6, 6.07) is 62.3. The van der Waals surface area contributed by atoms with E-state index in [0.717, 1.165) is 77.4 Å². The molecular weight excluding hydrogens is 663 g/mol. The minimum absolute atomic E-state index is 0.894. The molecule has 0 radical (unpaired) electrons. The largest absolute Gasteiger partial charge is 0.247 e. The van der Waals surface area contributed by atoms with Crippen LogP contribution in [0.3, 0.4) is 0 Å². The van der Waals surface area contributed by atoms with Gasteiger partial charge in [0.15, 0.2) is 0 Å². The molecule has 3 nitrogen and oxygen atoms in total. The van der Waals surface area contributed by atoms with Crippen molar-refractivity contribution in [2.75, 3.05) is 0 Å². The Hall–Kier alpha value is -6.75. The number of nitrogens with zero attached hydrogens (tertiary/aromatic N) is 3. The van der Waals surface area contributed by atoms with Crippen molar-refractivity contribution in [1.82, 2.24) is 15.0 Å². The molecule has 0 saturated carbocycles. The van der Waals surface area contributed by atoms with Crippen molar-refractivity contribution in [1.29, 1.82) is 0 Å². The van der Waals surface area contributed by atoms with Gasteiger partial charge in [0, 0.05) is 69.4 Å². The van der Waals surface area contributed by atoms with Gasteiger partial charge in [0.25, 0.3) is 0 Å². The third-order valence-electron chi connectivity index (χ3n) is 10.4. The zero-order chi connectivity index (χ0) is 34.9. The third-order valence-corrected chi connectivity index (χ3v) is 11.6. The molecule has 0 aliphatic carbocycles. The lowest BCUT2D eigenvalue weighted by atomic mass is 9.90. The fourth-order valence-electron chi connectivity index (χ4n) is 7.97. The van der Waals surface area contributed by atoms with Gasteiger partial charge in [-0.15, -0.1) is 11.3 Å². The summed E-state index contributed by atoms with van der Waals surface area (Å²) in [6.07, 6.45) is 0. The van der Waals surface area contributed by atoms with E-state index in [0.29, 0.717) is 0 Å². The van der Waals surface area contributed by atoms with Crippen LogP contribution in [0.25, 0.3) is 109 Å². The lowest BCUT2D eigenvalue weighted by Gasteiger charge is -2.17. The minimum atomic E-state index is 0.894. The van der Waals surface area contributed by atoms with Gasteiger partial charge in [-0.2, -0.15) is 0 Å². The van der Waals surface area contributed by atoms with E-state index in [1.807, 2.05) is 23.5 Å². The van der Waals surface area contributed by atoms with E-state index in [1.165, 1.54) is 31.1 Å². The molecule has 0 atom stereocenters. The molecule has 0 fully saturated rings. The SMILES string of the molecule is c1ccc(-c2ccc3cc(-c4cc5c(-c6ccccc6)nc6ccccc6c5c5c4sc4ccccc45)c4ccc(-c5ccccc5)nc4c3n2)cc1. The van der Waals surface area contributed by atoms with Crippen LogP contribution in [0.2, 0.25) is 0 Å². The molecule has 4 heteroatoms. The molecule has 4 heterocycles. The van der Waals surface area contributed by atoms with Crippen LogP contribution < -0.4 is 0 Å². The maximum Gasteiger partial charge on any atom is 0.0978 e. The van der Waals surface area contributed by atoms with Crippen LogP contribution in [-0.2, 0) is 0 Å². The van der Waals surface area contributed by atoms with Crippen LogP contribution in [0.4, 0.5) is 0 Å². The third kappa shape index (κ3) is 4.77. The number of para-hydroxylation sites is 1. The highest BCUT2D eigenvalue weighted by Crippen LogP contribution is 2.49. The van der Waals surface area contributed by atoms with E-state index >= 15 is 0 Å². The van der Waals surface area contributed by atoms with Crippen LogP contribution in [0.1, 0.15) is 0 Å². The Balaban J connectivity index is 1.30. The van der Waals surface area contributed by atoms with Crippen LogP contribution in [0.15, 0.2) is 176 Å². The minimum Gasteiger partial charge on any atom is -0.247 e. The van der Waals surface area contributed by atoms with Crippen molar-refractivity contribution in [2.45, 2.75) is 0 Å². The summed E-state index contributed by atoms with van der Waals surface area (Å²) in [4.78, 5) is 16.1. The summed E-state index contributed by atoms with van der Waals surface area (Å²) in [5.41, 5.74) is 11.2. The van der Waals surface area contributed by atoms with Crippen LogP contribution >= 0.6 is 11.3 Å². The first-order valence-corrected chi connectivity index (χ1v) is 18.7. The molecular formula is C49H29N3S. The molecule has 0 bridgehead atoms. The van der Waals surface area contributed by atoms with Gasteiger partial charge in [-0.05, 0) is 48.0 Å². The van der Waals surface area contributed by atoms with Crippen molar-refractivity contribution < 1.29 is 0 Å². The van der Waals surface area contributed by atoms with Gasteiger partial charge in [0.2, 0.25) is 0 Å². The zero-order valence-corrected chi connectivity index (χ0v) is 29.3. The molecule has 7 aromatic carbocycles. The second-order valence-electron chi connectivity index (χ2n) is 13.5. The summed E-state index contributed by atoms with van der Waals surface area (Å²) in [6.45, 7) is 0. The number of hydrogen-bond acceptors (Lipinski definition) is 4. The highest BCUT2D eigenvalue weighted by molar-refractivity contribution is 7.26. The Morgan fingerprint density at radius 2 is 0.981 bits per heavy atom. The highest BCUT2D eigenvalue weighted by Gasteiger charge is 2.22. The fourth-order valence-corrected chi connectivity index (χ4v) is 9.21. The van der Waals surface area contributed by atoms with E-state index in [9.17, 15) is 0 Å². The number of benzene rings is 7.